The van der Waals surface area contributed by atoms with Crippen molar-refractivity contribution in [3.8, 4) is 10.4 Å². The molecule has 0 N–H and O–H groups in total. The van der Waals surface area contributed by atoms with Gasteiger partial charge in [0, 0.05) is 22.1 Å². The molecule has 4 bridgehead atoms. The van der Waals surface area contributed by atoms with Crippen molar-refractivity contribution in [2.24, 2.45) is 22.2 Å². The average Bonchev–Trinajstić information content (AvgIpc) is 3.16. The first-order valence-corrected chi connectivity index (χ1v) is 12.9. The number of ether oxygens (including phenoxy) is 2. The van der Waals surface area contributed by atoms with E-state index in [1.807, 2.05) is 11.3 Å². The molecule has 3 atom stereocenters. The Labute approximate surface area is 195 Å². The topological polar surface area (TPSA) is 18.5 Å². The quantitative estimate of drug-likeness (QED) is 0.355. The molecule has 3 heteroatoms. The van der Waals surface area contributed by atoms with Crippen molar-refractivity contribution >= 4 is 21.4 Å². The molecule has 1 heterocycles. The van der Waals surface area contributed by atoms with E-state index in [4.69, 9.17) is 9.47 Å². The summed E-state index contributed by atoms with van der Waals surface area (Å²) in [6.45, 7) is 5.45. The van der Waals surface area contributed by atoms with Crippen molar-refractivity contribution < 1.29 is 9.47 Å². The number of thiophene rings is 1. The van der Waals surface area contributed by atoms with E-state index < -0.39 is 0 Å². The number of fused-ring (bicyclic) bond motifs is 1. The number of rotatable bonds is 6. The molecule has 0 amide bonds. The zero-order valence-corrected chi connectivity index (χ0v) is 20.3. The Balaban J connectivity index is 1.41. The van der Waals surface area contributed by atoms with Crippen LogP contribution >= 0.6 is 11.3 Å². The van der Waals surface area contributed by atoms with E-state index >= 15 is 0 Å². The van der Waals surface area contributed by atoms with E-state index in [9.17, 15) is 0 Å². The summed E-state index contributed by atoms with van der Waals surface area (Å²) in [6, 6.07) is 20.2. The second kappa shape index (κ2) is 7.41. The fourth-order valence-electron chi connectivity index (χ4n) is 8.57. The summed E-state index contributed by atoms with van der Waals surface area (Å²) in [5.74, 6) is 0.848. The van der Waals surface area contributed by atoms with Crippen molar-refractivity contribution in [2.45, 2.75) is 58.5 Å². The van der Waals surface area contributed by atoms with Gasteiger partial charge in [-0.3, -0.25) is 0 Å². The van der Waals surface area contributed by atoms with Gasteiger partial charge in [0.2, 0.25) is 0 Å². The number of methoxy groups -OCH3 is 1. The molecule has 168 valence electrons. The fourth-order valence-corrected chi connectivity index (χ4v) is 9.63. The van der Waals surface area contributed by atoms with Crippen molar-refractivity contribution in [2.75, 3.05) is 13.9 Å². The minimum Gasteiger partial charge on any atom is -0.359 e. The first-order valence-electron chi connectivity index (χ1n) is 12.1. The third kappa shape index (κ3) is 3.45. The van der Waals surface area contributed by atoms with Crippen LogP contribution in [0.4, 0.5) is 0 Å². The highest BCUT2D eigenvalue weighted by Crippen LogP contribution is 2.72. The summed E-state index contributed by atoms with van der Waals surface area (Å²) in [5, 5.41) is 1.33. The monoisotopic (exact) mass is 446 g/mol. The zero-order chi connectivity index (χ0) is 22.0. The van der Waals surface area contributed by atoms with Crippen LogP contribution in [0.5, 0.6) is 0 Å². The molecule has 1 aromatic heterocycles. The first kappa shape index (κ1) is 20.9. The van der Waals surface area contributed by atoms with Gasteiger partial charge in [0.05, 0.1) is 6.10 Å². The highest BCUT2D eigenvalue weighted by molar-refractivity contribution is 7.22. The van der Waals surface area contributed by atoms with Gasteiger partial charge < -0.3 is 9.47 Å². The predicted octanol–water partition coefficient (Wildman–Crippen LogP) is 8.23. The maximum absolute atomic E-state index is 6.58. The number of hydrogen-bond acceptors (Lipinski definition) is 3. The van der Waals surface area contributed by atoms with E-state index in [1.54, 1.807) is 7.11 Å². The third-order valence-electron chi connectivity index (χ3n) is 8.48. The van der Waals surface area contributed by atoms with Crippen LogP contribution in [-0.2, 0) is 9.47 Å². The van der Waals surface area contributed by atoms with Gasteiger partial charge in [-0.15, -0.1) is 11.3 Å². The Bertz CT molecular complexity index is 1100. The molecule has 2 nitrogen and oxygen atoms in total. The van der Waals surface area contributed by atoms with E-state index in [2.05, 4.69) is 68.4 Å². The minimum absolute atomic E-state index is 0.0961. The van der Waals surface area contributed by atoms with Crippen molar-refractivity contribution in [1.29, 1.82) is 0 Å². The Hall–Kier alpha value is -1.68. The molecule has 0 spiro atoms. The fraction of sp³-hybridized carbons (Fsp3) is 0.517. The summed E-state index contributed by atoms with van der Waals surface area (Å²) in [4.78, 5) is 1.34. The van der Waals surface area contributed by atoms with E-state index in [0.29, 0.717) is 17.6 Å². The number of hydrogen-bond donors (Lipinski definition) is 0. The summed E-state index contributed by atoms with van der Waals surface area (Å²) in [5.41, 5.74) is 3.78. The molecule has 4 aliphatic carbocycles. The smallest absolute Gasteiger partial charge is 0.147 e. The van der Waals surface area contributed by atoms with Gasteiger partial charge in [0.25, 0.3) is 0 Å². The largest absolute Gasteiger partial charge is 0.359 e. The molecule has 0 radical (unpaired) electrons. The Morgan fingerprint density at radius 1 is 0.938 bits per heavy atom. The Morgan fingerprint density at radius 2 is 1.72 bits per heavy atom. The van der Waals surface area contributed by atoms with Crippen LogP contribution in [-0.4, -0.2) is 13.9 Å². The second-order valence-electron chi connectivity index (χ2n) is 11.7. The predicted molar refractivity (Wildman–Crippen MR) is 133 cm³/mol. The normalized spacial score (nSPS) is 34.3. The molecule has 4 fully saturated rings. The van der Waals surface area contributed by atoms with Crippen LogP contribution in [0, 0.1) is 22.2 Å². The van der Waals surface area contributed by atoms with Crippen LogP contribution in [0.1, 0.15) is 64.0 Å². The molecule has 2 aromatic carbocycles. The summed E-state index contributed by atoms with van der Waals surface area (Å²) in [7, 11) is 1.74. The second-order valence-corrected chi connectivity index (χ2v) is 12.8. The maximum atomic E-state index is 6.58. The summed E-state index contributed by atoms with van der Waals surface area (Å²) in [6.07, 6.45) is 8.17. The average molecular weight is 447 g/mol. The van der Waals surface area contributed by atoms with Crippen molar-refractivity contribution in [1.82, 2.24) is 0 Å². The van der Waals surface area contributed by atoms with Crippen LogP contribution in [0.25, 0.3) is 20.5 Å². The summed E-state index contributed by atoms with van der Waals surface area (Å²) < 4.78 is 13.4. The molecule has 32 heavy (non-hydrogen) atoms. The first-order chi connectivity index (χ1) is 15.4. The van der Waals surface area contributed by atoms with Gasteiger partial charge in [-0.1, -0.05) is 50.2 Å². The molecule has 0 aliphatic heterocycles. The molecular formula is C29H34O2S. The molecule has 3 unspecified atom stereocenters. The highest BCUT2D eigenvalue weighted by Gasteiger charge is 2.62. The molecule has 4 saturated carbocycles. The van der Waals surface area contributed by atoms with Crippen molar-refractivity contribution in [3.05, 3.63) is 60.2 Å². The summed E-state index contributed by atoms with van der Waals surface area (Å²) >= 11 is 1.88. The van der Waals surface area contributed by atoms with Crippen LogP contribution in [0.15, 0.2) is 54.6 Å². The molecule has 7 rings (SSSR count). The van der Waals surface area contributed by atoms with Crippen LogP contribution in [0.3, 0.4) is 0 Å². The molecule has 3 aromatic rings. The van der Waals surface area contributed by atoms with Crippen LogP contribution < -0.4 is 0 Å². The molecule has 0 saturated heterocycles. The van der Waals surface area contributed by atoms with Crippen molar-refractivity contribution in [3.63, 3.8) is 0 Å². The van der Waals surface area contributed by atoms with Gasteiger partial charge in [0.1, 0.15) is 6.79 Å². The highest BCUT2D eigenvalue weighted by atomic mass is 32.1. The third-order valence-corrected chi connectivity index (χ3v) is 9.64. The van der Waals surface area contributed by atoms with Gasteiger partial charge in [0.15, 0.2) is 0 Å². The van der Waals surface area contributed by atoms with Gasteiger partial charge in [-0.2, -0.15) is 0 Å². The Morgan fingerprint density at radius 3 is 2.44 bits per heavy atom. The SMILES string of the molecule is COCOC(c1cccc(-c2cc3ccccc3s2)c1)C12CC3CC(C)(CC(C)(C3)C1)C2. The van der Waals surface area contributed by atoms with Gasteiger partial charge in [-0.25, -0.2) is 0 Å². The molecular weight excluding hydrogens is 412 g/mol. The lowest BCUT2D eigenvalue weighted by Crippen LogP contribution is -2.57. The van der Waals surface area contributed by atoms with Gasteiger partial charge in [-0.05, 0) is 90.0 Å². The zero-order valence-electron chi connectivity index (χ0n) is 19.5. The van der Waals surface area contributed by atoms with Gasteiger partial charge >= 0.3 is 0 Å². The lowest BCUT2D eigenvalue weighted by Gasteiger charge is -2.67. The Kier molecular flexibility index (Phi) is 4.84. The lowest BCUT2D eigenvalue weighted by atomic mass is 9.39. The minimum atomic E-state index is 0.0961. The van der Waals surface area contributed by atoms with Crippen LogP contribution in [0.2, 0.25) is 0 Å². The van der Waals surface area contributed by atoms with E-state index in [-0.39, 0.29) is 11.5 Å². The maximum Gasteiger partial charge on any atom is 0.147 e. The van der Waals surface area contributed by atoms with E-state index in [1.165, 1.54) is 64.6 Å². The standard InChI is InChI=1S/C29H34O2S/c1-27-13-20-14-28(2,16-27)18-29(15-20,17-27)26(31-19-30-3)23-9-6-8-21(11-23)25-12-22-7-4-5-10-24(22)32-25/h4-12,20,26H,13-19H2,1-3H3. The molecule has 4 aliphatic rings. The number of benzene rings is 2. The lowest BCUT2D eigenvalue weighted by molar-refractivity contribution is -0.217. The van der Waals surface area contributed by atoms with E-state index in [0.717, 1.165) is 5.92 Å².